The molecule has 42 heavy (non-hydrogen) atoms. The Kier molecular flexibility index (Phi) is 6.93. The lowest BCUT2D eigenvalue weighted by atomic mass is 9.66. The van der Waals surface area contributed by atoms with Gasteiger partial charge in [-0.1, -0.05) is 0 Å². The Morgan fingerprint density at radius 1 is 0.976 bits per heavy atom. The molecule has 226 valence electrons. The van der Waals surface area contributed by atoms with Crippen LogP contribution in [0.15, 0.2) is 24.3 Å². The van der Waals surface area contributed by atoms with Gasteiger partial charge in [0.1, 0.15) is 24.4 Å². The molecule has 0 saturated carbocycles. The number of phenols is 1. The van der Waals surface area contributed by atoms with Crippen molar-refractivity contribution in [3.63, 3.8) is 0 Å². The molecule has 3 saturated heterocycles. The summed E-state index contributed by atoms with van der Waals surface area (Å²) in [6, 6.07) is 6.83. The summed E-state index contributed by atoms with van der Waals surface area (Å²) in [5.74, 6) is -1.40. The highest BCUT2D eigenvalue weighted by Crippen LogP contribution is 2.56. The van der Waals surface area contributed by atoms with Gasteiger partial charge in [-0.2, -0.15) is 0 Å². The number of carbonyl (C=O) groups excluding carboxylic acids is 1. The lowest BCUT2D eigenvalue weighted by Crippen LogP contribution is -2.63. The van der Waals surface area contributed by atoms with Gasteiger partial charge in [-0.3, -0.25) is 4.79 Å². The van der Waals surface area contributed by atoms with E-state index in [0.29, 0.717) is 28.2 Å². The van der Waals surface area contributed by atoms with Crippen LogP contribution in [0.4, 0.5) is 0 Å². The Morgan fingerprint density at radius 2 is 1.74 bits per heavy atom. The topological polar surface area (TPSA) is 172 Å². The van der Waals surface area contributed by atoms with Crippen molar-refractivity contribution in [1.82, 2.24) is 0 Å². The Balaban J connectivity index is 1.32. The van der Waals surface area contributed by atoms with Crippen LogP contribution < -0.4 is 14.2 Å². The van der Waals surface area contributed by atoms with E-state index in [0.717, 1.165) is 0 Å². The average Bonchev–Trinajstić information content (AvgIpc) is 3.61. The van der Waals surface area contributed by atoms with E-state index in [-0.39, 0.29) is 37.1 Å². The van der Waals surface area contributed by atoms with E-state index in [1.54, 1.807) is 31.2 Å². The van der Waals surface area contributed by atoms with Crippen LogP contribution in [0.1, 0.15) is 41.2 Å². The second kappa shape index (κ2) is 10.5. The maximum atomic E-state index is 13.4. The fourth-order valence-electron chi connectivity index (χ4n) is 6.79. The molecule has 13 nitrogen and oxygen atoms in total. The van der Waals surface area contributed by atoms with Gasteiger partial charge < -0.3 is 58.3 Å². The summed E-state index contributed by atoms with van der Waals surface area (Å²) in [6.45, 7) is 1.43. The summed E-state index contributed by atoms with van der Waals surface area (Å²) in [5.41, 5.74) is 2.17. The van der Waals surface area contributed by atoms with E-state index in [2.05, 4.69) is 0 Å². The number of benzene rings is 2. The predicted molar refractivity (Wildman–Crippen MR) is 138 cm³/mol. The number of aromatic hydroxyl groups is 1. The smallest absolute Gasteiger partial charge is 0.310 e. The fourth-order valence-corrected chi connectivity index (χ4v) is 6.79. The third-order valence-corrected chi connectivity index (χ3v) is 8.81. The van der Waals surface area contributed by atoms with Crippen LogP contribution in [-0.2, 0) is 35.1 Å². The van der Waals surface area contributed by atoms with Gasteiger partial charge in [0.05, 0.1) is 39.0 Å². The molecule has 1 aliphatic carbocycles. The van der Waals surface area contributed by atoms with E-state index in [4.69, 9.17) is 37.9 Å². The highest BCUT2D eigenvalue weighted by atomic mass is 16.8. The zero-order valence-corrected chi connectivity index (χ0v) is 22.9. The molecule has 10 atom stereocenters. The number of carbonyl (C=O) groups is 1. The minimum Gasteiger partial charge on any atom is -0.504 e. The standard InChI is InChI=1S/C29H32O13/c1-11-36-9-20-27(40-11)24(32)25(33)29(41-20)42-26-15-6-18-17(38-10-39-18)5-14(15)21(22-16(26)8-37-28(22)34)12-3-13(7-30)23(31)19(4-12)35-2/h3-6,11,16,20-22,24-27,29-33H,7-10H2,1-2H3/t11-,16+,20?,21-,22+,24+,25?,26-,27-,29+/m1/s1. The molecule has 2 aromatic rings. The molecule has 5 aliphatic rings. The van der Waals surface area contributed by atoms with E-state index >= 15 is 0 Å². The van der Waals surface area contributed by atoms with Gasteiger partial charge in [0.25, 0.3) is 0 Å². The number of cyclic esters (lactones) is 1. The van der Waals surface area contributed by atoms with Crippen molar-refractivity contribution in [1.29, 1.82) is 0 Å². The first-order valence-electron chi connectivity index (χ1n) is 13.8. The van der Waals surface area contributed by atoms with Crippen molar-refractivity contribution in [2.24, 2.45) is 11.8 Å². The van der Waals surface area contributed by atoms with E-state index < -0.39 is 73.4 Å². The molecule has 2 unspecified atom stereocenters. The summed E-state index contributed by atoms with van der Waals surface area (Å²) in [5, 5.41) is 42.4. The molecule has 7 rings (SSSR count). The van der Waals surface area contributed by atoms with Crippen molar-refractivity contribution in [3.05, 3.63) is 46.5 Å². The molecule has 0 amide bonds. The zero-order chi connectivity index (χ0) is 29.3. The molecule has 0 spiro atoms. The molecular formula is C29H32O13. The van der Waals surface area contributed by atoms with E-state index in [1.165, 1.54) is 7.11 Å². The maximum absolute atomic E-state index is 13.4. The lowest BCUT2D eigenvalue weighted by Gasteiger charge is -2.47. The summed E-state index contributed by atoms with van der Waals surface area (Å²) in [7, 11) is 1.40. The predicted octanol–water partition coefficient (Wildman–Crippen LogP) is 0.822. The molecule has 0 aromatic heterocycles. The number of rotatable bonds is 5. The van der Waals surface area contributed by atoms with Gasteiger partial charge in [0.15, 0.2) is 35.6 Å². The molecule has 4 heterocycles. The van der Waals surface area contributed by atoms with Crippen LogP contribution in [-0.4, -0.2) is 90.5 Å². The van der Waals surface area contributed by atoms with Crippen LogP contribution in [0.3, 0.4) is 0 Å². The van der Waals surface area contributed by atoms with Crippen molar-refractivity contribution in [2.75, 3.05) is 27.1 Å². The fraction of sp³-hybridized carbons (Fsp3) is 0.552. The minimum absolute atomic E-state index is 0.0170. The van der Waals surface area contributed by atoms with Gasteiger partial charge in [0, 0.05) is 17.4 Å². The number of fused-ring (bicyclic) bond motifs is 4. The summed E-state index contributed by atoms with van der Waals surface area (Å²) in [6.07, 6.45) is -6.87. The van der Waals surface area contributed by atoms with E-state index in [9.17, 15) is 25.2 Å². The first-order valence-corrected chi connectivity index (χ1v) is 13.8. The monoisotopic (exact) mass is 588 g/mol. The average molecular weight is 589 g/mol. The maximum Gasteiger partial charge on any atom is 0.310 e. The number of aliphatic hydroxyl groups excluding tert-OH is 3. The summed E-state index contributed by atoms with van der Waals surface area (Å²) in [4.78, 5) is 13.4. The van der Waals surface area contributed by atoms with Crippen LogP contribution in [0.2, 0.25) is 0 Å². The Morgan fingerprint density at radius 3 is 2.48 bits per heavy atom. The second-order valence-corrected chi connectivity index (χ2v) is 11.1. The van der Waals surface area contributed by atoms with Gasteiger partial charge in [0.2, 0.25) is 6.79 Å². The molecule has 0 radical (unpaired) electrons. The number of hydrogen-bond donors (Lipinski definition) is 4. The van der Waals surface area contributed by atoms with Crippen LogP contribution >= 0.6 is 0 Å². The Bertz CT molecular complexity index is 1350. The van der Waals surface area contributed by atoms with Crippen LogP contribution in [0, 0.1) is 11.8 Å². The van der Waals surface area contributed by atoms with Crippen molar-refractivity contribution in [2.45, 2.75) is 62.5 Å². The molecule has 0 bridgehead atoms. The summed E-state index contributed by atoms with van der Waals surface area (Å²) < 4.78 is 46.0. The summed E-state index contributed by atoms with van der Waals surface area (Å²) >= 11 is 0. The zero-order valence-electron chi connectivity index (χ0n) is 22.9. The van der Waals surface area contributed by atoms with Gasteiger partial charge in [-0.05, 0) is 47.9 Å². The van der Waals surface area contributed by atoms with Crippen LogP contribution in [0.25, 0.3) is 0 Å². The molecule has 3 fully saturated rings. The van der Waals surface area contributed by atoms with Crippen molar-refractivity contribution in [3.8, 4) is 23.0 Å². The third-order valence-electron chi connectivity index (χ3n) is 8.81. The normalized spacial score (nSPS) is 36.5. The quantitative estimate of drug-likeness (QED) is 0.362. The van der Waals surface area contributed by atoms with Crippen LogP contribution in [0.5, 0.6) is 23.0 Å². The molecule has 2 aromatic carbocycles. The molecule has 4 aliphatic heterocycles. The van der Waals surface area contributed by atoms with Crippen molar-refractivity contribution >= 4 is 5.97 Å². The number of esters is 1. The van der Waals surface area contributed by atoms with E-state index in [1.807, 2.05) is 0 Å². The minimum atomic E-state index is -1.45. The molecule has 4 N–H and O–H groups in total. The largest absolute Gasteiger partial charge is 0.504 e. The third kappa shape index (κ3) is 4.30. The second-order valence-electron chi connectivity index (χ2n) is 11.1. The van der Waals surface area contributed by atoms with Gasteiger partial charge >= 0.3 is 5.97 Å². The van der Waals surface area contributed by atoms with Crippen molar-refractivity contribution < 1.29 is 63.1 Å². The number of ether oxygens (including phenoxy) is 8. The SMILES string of the molecule is COc1cc([C@@H]2c3cc4c(cc3[C@@H](O[C@@H]3OC5CO[C@@H](C)O[C@H]5[C@@H](O)C3O)[C@H]3COC(=O)[C@H]23)OCO4)cc(CO)c1O. The van der Waals surface area contributed by atoms with Gasteiger partial charge in [-0.15, -0.1) is 0 Å². The highest BCUT2D eigenvalue weighted by molar-refractivity contribution is 5.79. The lowest BCUT2D eigenvalue weighted by molar-refractivity contribution is -0.364. The Labute approximate surface area is 240 Å². The van der Waals surface area contributed by atoms with Gasteiger partial charge in [-0.25, -0.2) is 0 Å². The molecule has 13 heteroatoms. The first-order chi connectivity index (χ1) is 20.3. The number of hydrogen-bond acceptors (Lipinski definition) is 13. The Hall–Kier alpha value is -3.17. The first kappa shape index (κ1) is 27.7. The highest BCUT2D eigenvalue weighted by Gasteiger charge is 2.56. The number of aliphatic hydroxyl groups is 3. The number of methoxy groups -OCH3 is 1. The molecular weight excluding hydrogens is 556 g/mol.